The highest BCUT2D eigenvalue weighted by Crippen LogP contribution is 2.23. The van der Waals surface area contributed by atoms with E-state index in [9.17, 15) is 4.39 Å². The maximum absolute atomic E-state index is 13.0. The van der Waals surface area contributed by atoms with E-state index in [1.165, 1.54) is 12.1 Å². The smallest absolute Gasteiger partial charge is 0.142 e. The fourth-order valence-electron chi connectivity index (χ4n) is 1.63. The fraction of sp³-hybridized carbons (Fsp3) is 0.538. The number of hydrogen-bond donors (Lipinski definition) is 1. The fourth-order valence-corrected chi connectivity index (χ4v) is 1.80. The lowest BCUT2D eigenvalue weighted by molar-refractivity contribution is 0.180. The van der Waals surface area contributed by atoms with Crippen LogP contribution in [0.15, 0.2) is 18.2 Å². The van der Waals surface area contributed by atoms with Crippen molar-refractivity contribution in [2.24, 2.45) is 0 Å². The van der Waals surface area contributed by atoms with Crippen molar-refractivity contribution in [2.75, 3.05) is 13.6 Å². The van der Waals surface area contributed by atoms with Gasteiger partial charge in [0.05, 0.1) is 11.1 Å². The van der Waals surface area contributed by atoms with Gasteiger partial charge < -0.3 is 10.1 Å². The molecule has 0 aliphatic carbocycles. The van der Waals surface area contributed by atoms with Gasteiger partial charge in [-0.25, -0.2) is 4.39 Å². The van der Waals surface area contributed by atoms with E-state index in [1.54, 1.807) is 6.07 Å². The van der Waals surface area contributed by atoms with Crippen LogP contribution >= 0.6 is 11.6 Å². The molecule has 0 aliphatic heterocycles. The van der Waals surface area contributed by atoms with Crippen molar-refractivity contribution in [1.82, 2.24) is 5.32 Å². The molecule has 0 aliphatic rings. The molecule has 0 saturated carbocycles. The first-order valence-corrected chi connectivity index (χ1v) is 6.31. The first-order valence-electron chi connectivity index (χ1n) is 5.93. The summed E-state index contributed by atoms with van der Waals surface area (Å²) in [4.78, 5) is 0. The molecule has 1 N–H and O–H groups in total. The van der Waals surface area contributed by atoms with Crippen molar-refractivity contribution >= 4 is 11.6 Å². The van der Waals surface area contributed by atoms with Gasteiger partial charge in [-0.05, 0) is 38.6 Å². The third-order valence-corrected chi connectivity index (χ3v) is 2.81. The third-order valence-electron chi connectivity index (χ3n) is 2.52. The number of halogens is 2. The lowest BCUT2D eigenvalue weighted by atomic mass is 10.1. The van der Waals surface area contributed by atoms with Crippen molar-refractivity contribution in [3.05, 3.63) is 29.0 Å². The number of rotatable bonds is 7. The molecule has 0 saturated heterocycles. The Morgan fingerprint density at radius 3 is 2.76 bits per heavy atom. The summed E-state index contributed by atoms with van der Waals surface area (Å²) in [5, 5.41) is 3.20. The second-order valence-electron chi connectivity index (χ2n) is 4.00. The highest BCUT2D eigenvalue weighted by Gasteiger charge is 2.10. The maximum atomic E-state index is 13.0. The van der Waals surface area contributed by atoms with E-state index in [0.29, 0.717) is 5.75 Å². The molecule has 0 amide bonds. The van der Waals surface area contributed by atoms with Crippen molar-refractivity contribution < 1.29 is 9.13 Å². The Bertz CT molecular complexity index is 346. The van der Waals surface area contributed by atoms with E-state index in [0.717, 1.165) is 25.8 Å². The normalized spacial score (nSPS) is 12.5. The maximum Gasteiger partial charge on any atom is 0.142 e. The second-order valence-corrected chi connectivity index (χ2v) is 4.40. The van der Waals surface area contributed by atoms with Gasteiger partial charge in [-0.2, -0.15) is 0 Å². The molecule has 1 unspecified atom stereocenters. The average Bonchev–Trinajstić information content (AvgIpc) is 2.31. The minimum Gasteiger partial charge on any atom is -0.490 e. The average molecular weight is 260 g/mol. The Hall–Kier alpha value is -0.800. The number of nitrogens with one attached hydrogen (secondary N) is 1. The van der Waals surface area contributed by atoms with E-state index < -0.39 is 5.82 Å². The summed E-state index contributed by atoms with van der Waals surface area (Å²) in [5.41, 5.74) is 0. The van der Waals surface area contributed by atoms with Crippen LogP contribution in [0, 0.1) is 5.82 Å². The molecular weight excluding hydrogens is 241 g/mol. The van der Waals surface area contributed by atoms with Gasteiger partial charge >= 0.3 is 0 Å². The molecule has 1 aromatic carbocycles. The van der Waals surface area contributed by atoms with Gasteiger partial charge in [-0.3, -0.25) is 0 Å². The van der Waals surface area contributed by atoms with E-state index in [2.05, 4.69) is 12.2 Å². The van der Waals surface area contributed by atoms with Gasteiger partial charge in [0.1, 0.15) is 11.6 Å². The van der Waals surface area contributed by atoms with Crippen LogP contribution in [0.3, 0.4) is 0 Å². The molecule has 2 nitrogen and oxygen atoms in total. The zero-order valence-corrected chi connectivity index (χ0v) is 11.1. The van der Waals surface area contributed by atoms with Crippen LogP contribution in [0.2, 0.25) is 5.02 Å². The number of hydrogen-bond acceptors (Lipinski definition) is 2. The highest BCUT2D eigenvalue weighted by molar-refractivity contribution is 6.30. The molecule has 0 radical (unpaired) electrons. The number of benzene rings is 1. The van der Waals surface area contributed by atoms with Gasteiger partial charge in [0.2, 0.25) is 0 Å². The summed E-state index contributed by atoms with van der Waals surface area (Å²) in [6.45, 7) is 3.02. The molecule has 0 heterocycles. The minimum atomic E-state index is -0.415. The van der Waals surface area contributed by atoms with Gasteiger partial charge in [-0.15, -0.1) is 0 Å². The van der Waals surface area contributed by atoms with Crippen molar-refractivity contribution in [3.8, 4) is 5.75 Å². The van der Waals surface area contributed by atoms with Crippen molar-refractivity contribution in [3.63, 3.8) is 0 Å². The molecule has 4 heteroatoms. The molecular formula is C13H19ClFNO. The van der Waals surface area contributed by atoms with Crippen LogP contribution in [-0.2, 0) is 0 Å². The van der Waals surface area contributed by atoms with E-state index >= 15 is 0 Å². The first kappa shape index (κ1) is 14.3. The summed E-state index contributed by atoms with van der Waals surface area (Å²) < 4.78 is 18.8. The molecule has 1 aromatic rings. The Kier molecular flexibility index (Phi) is 6.30. The quantitative estimate of drug-likeness (QED) is 0.807. The SMILES string of the molecule is CCCC(CCNC)Oc1ccc(F)c(Cl)c1. The third kappa shape index (κ3) is 4.92. The predicted octanol–water partition coefficient (Wildman–Crippen LogP) is 3.64. The zero-order valence-electron chi connectivity index (χ0n) is 10.3. The van der Waals surface area contributed by atoms with Crippen molar-refractivity contribution in [1.29, 1.82) is 0 Å². The van der Waals surface area contributed by atoms with Gasteiger partial charge in [0.15, 0.2) is 0 Å². The molecule has 1 atom stereocenters. The largest absolute Gasteiger partial charge is 0.490 e. The molecule has 0 fully saturated rings. The van der Waals surface area contributed by atoms with Crippen LogP contribution in [-0.4, -0.2) is 19.7 Å². The molecule has 96 valence electrons. The predicted molar refractivity (Wildman–Crippen MR) is 69.3 cm³/mol. The number of ether oxygens (including phenoxy) is 1. The first-order chi connectivity index (χ1) is 8.17. The summed E-state index contributed by atoms with van der Waals surface area (Å²) >= 11 is 5.71. The molecule has 1 rings (SSSR count). The van der Waals surface area contributed by atoms with Crippen LogP contribution in [0.4, 0.5) is 4.39 Å². The van der Waals surface area contributed by atoms with Crippen LogP contribution in [0.1, 0.15) is 26.2 Å². The highest BCUT2D eigenvalue weighted by atomic mass is 35.5. The zero-order chi connectivity index (χ0) is 12.7. The summed E-state index contributed by atoms with van der Waals surface area (Å²) in [7, 11) is 1.91. The molecule has 0 bridgehead atoms. The minimum absolute atomic E-state index is 0.103. The Morgan fingerprint density at radius 1 is 1.41 bits per heavy atom. The van der Waals surface area contributed by atoms with Crippen molar-refractivity contribution in [2.45, 2.75) is 32.3 Å². The van der Waals surface area contributed by atoms with Crippen LogP contribution < -0.4 is 10.1 Å². The Balaban J connectivity index is 2.61. The molecule has 0 aromatic heterocycles. The lowest BCUT2D eigenvalue weighted by Crippen LogP contribution is -2.22. The Labute approximate surface area is 107 Å². The topological polar surface area (TPSA) is 21.3 Å². The lowest BCUT2D eigenvalue weighted by Gasteiger charge is -2.18. The summed E-state index contributed by atoms with van der Waals surface area (Å²) in [6, 6.07) is 4.47. The van der Waals surface area contributed by atoms with Crippen LogP contribution in [0.25, 0.3) is 0 Å². The van der Waals surface area contributed by atoms with E-state index in [1.807, 2.05) is 7.05 Å². The monoisotopic (exact) mass is 259 g/mol. The van der Waals surface area contributed by atoms with Gasteiger partial charge in [0, 0.05) is 6.07 Å². The second kappa shape index (κ2) is 7.51. The standard InChI is InChI=1S/C13H19ClFNO/c1-3-4-10(7-8-16-2)17-11-5-6-13(15)12(14)9-11/h5-6,9-10,16H,3-4,7-8H2,1-2H3. The van der Waals surface area contributed by atoms with Gasteiger partial charge in [0.25, 0.3) is 0 Å². The summed E-state index contributed by atoms with van der Waals surface area (Å²) in [6.07, 6.45) is 3.12. The van der Waals surface area contributed by atoms with Crippen LogP contribution in [0.5, 0.6) is 5.75 Å². The van der Waals surface area contributed by atoms with Gasteiger partial charge in [-0.1, -0.05) is 24.9 Å². The summed E-state index contributed by atoms with van der Waals surface area (Å²) in [5.74, 6) is 0.215. The Morgan fingerprint density at radius 2 is 2.18 bits per heavy atom. The molecule has 17 heavy (non-hydrogen) atoms. The molecule has 0 spiro atoms. The van der Waals surface area contributed by atoms with E-state index in [-0.39, 0.29) is 11.1 Å². The van der Waals surface area contributed by atoms with E-state index in [4.69, 9.17) is 16.3 Å².